The number of hydrogen-bond acceptors (Lipinski definition) is 12. The zero-order valence-corrected chi connectivity index (χ0v) is 39.2. The van der Waals surface area contributed by atoms with Crippen LogP contribution in [0.4, 0.5) is 0 Å². The number of aliphatic hydroxyl groups is 4. The molecule has 0 heterocycles. The number of hydrogen-bond donors (Lipinski definition) is 5. The molecule has 8 atom stereocenters. The first-order valence-electron chi connectivity index (χ1n) is 24.1. The van der Waals surface area contributed by atoms with Crippen LogP contribution >= 0.6 is 7.82 Å². The van der Waals surface area contributed by atoms with Crippen LogP contribution in [0.2, 0.25) is 0 Å². The third-order valence-corrected chi connectivity index (χ3v) is 12.8. The molecule has 0 bridgehead atoms. The molecule has 1 saturated carbocycles. The maximum Gasteiger partial charge on any atom is 0.472 e. The van der Waals surface area contributed by atoms with Gasteiger partial charge < -0.3 is 34.8 Å². The summed E-state index contributed by atoms with van der Waals surface area (Å²) < 4.78 is 32.8. The van der Waals surface area contributed by atoms with Crippen molar-refractivity contribution < 1.29 is 62.8 Å². The number of aliphatic hydroxyl groups excluding tert-OH is 4. The first-order valence-corrected chi connectivity index (χ1v) is 25.6. The first kappa shape index (κ1) is 57.3. The summed E-state index contributed by atoms with van der Waals surface area (Å²) in [6.07, 6.45) is 26.4. The topological polar surface area (TPSA) is 206 Å². The minimum atomic E-state index is -4.68. The molecule has 14 heteroatoms. The third kappa shape index (κ3) is 30.9. The van der Waals surface area contributed by atoms with Gasteiger partial charge in [0.2, 0.25) is 0 Å². The summed E-state index contributed by atoms with van der Waals surface area (Å²) in [4.78, 5) is 47.9. The fraction of sp³-hybridized carbons (Fsp3) is 0.894. The molecule has 13 nitrogen and oxygen atoms in total. The molecule has 0 aromatic carbocycles. The van der Waals surface area contributed by atoms with Gasteiger partial charge in [0.1, 0.15) is 18.5 Å². The lowest BCUT2D eigenvalue weighted by Gasteiger charge is -2.20. The smallest absolute Gasteiger partial charge is 0.462 e. The van der Waals surface area contributed by atoms with Crippen molar-refractivity contribution in [2.24, 2.45) is 17.8 Å². The highest BCUT2D eigenvalue weighted by atomic mass is 31.2. The Hall–Kier alpha value is -1.70. The maximum atomic E-state index is 12.8. The molecule has 1 rings (SSSR count). The van der Waals surface area contributed by atoms with E-state index in [1.165, 1.54) is 77.0 Å². The van der Waals surface area contributed by atoms with E-state index in [1.54, 1.807) is 12.2 Å². The zero-order chi connectivity index (χ0) is 45.1. The average molecular weight is 891 g/mol. The summed E-state index contributed by atoms with van der Waals surface area (Å²) in [7, 11) is -4.68. The van der Waals surface area contributed by atoms with Gasteiger partial charge in [-0.05, 0) is 31.6 Å². The monoisotopic (exact) mass is 891 g/mol. The minimum Gasteiger partial charge on any atom is -0.462 e. The van der Waals surface area contributed by atoms with Gasteiger partial charge in [-0.2, -0.15) is 0 Å². The second-order valence-electron chi connectivity index (χ2n) is 17.5. The Morgan fingerprint density at radius 3 is 1.84 bits per heavy atom. The number of phosphoric ester groups is 1. The predicted octanol–water partition coefficient (Wildman–Crippen LogP) is 9.62. The molecule has 0 aromatic heterocycles. The molecule has 0 radical (unpaired) electrons. The van der Waals surface area contributed by atoms with Crippen molar-refractivity contribution in [1.82, 2.24) is 0 Å². The summed E-state index contributed by atoms with van der Waals surface area (Å²) in [6, 6.07) is 0. The highest BCUT2D eigenvalue weighted by Gasteiger charge is 2.39. The second-order valence-corrected chi connectivity index (χ2v) is 19.0. The van der Waals surface area contributed by atoms with Crippen LogP contribution in [0, 0.1) is 17.8 Å². The SMILES string of the molecule is CCCCC[C@H](O)/C=C/[C@H]1[C@H](O)CC(=O)[C@@H]1CCCCCCC(=O)O[C@H](COC(=O)CCCCCCCCCCCCCCCCC(C)CC)COP(=O)(O)OC[C@@H](O)CO. The molecule has 1 aliphatic rings. The quantitative estimate of drug-likeness (QED) is 0.0168. The summed E-state index contributed by atoms with van der Waals surface area (Å²) in [5, 5.41) is 39.1. The Morgan fingerprint density at radius 2 is 1.26 bits per heavy atom. The van der Waals surface area contributed by atoms with Crippen LogP contribution in [-0.4, -0.2) is 93.9 Å². The highest BCUT2D eigenvalue weighted by Crippen LogP contribution is 2.43. The molecule has 5 N–H and O–H groups in total. The molecule has 61 heavy (non-hydrogen) atoms. The number of Topliss-reactive ketones (excluding diaryl/α,β-unsaturated/α-hetero) is 1. The maximum absolute atomic E-state index is 12.8. The van der Waals surface area contributed by atoms with Gasteiger partial charge in [0.05, 0.1) is 32.0 Å². The van der Waals surface area contributed by atoms with E-state index in [2.05, 4.69) is 25.3 Å². The number of carbonyl (C=O) groups excluding carboxylic acids is 3. The van der Waals surface area contributed by atoms with Gasteiger partial charge in [-0.1, -0.05) is 168 Å². The van der Waals surface area contributed by atoms with Crippen LogP contribution in [0.3, 0.4) is 0 Å². The Bertz CT molecular complexity index is 1200. The van der Waals surface area contributed by atoms with Crippen molar-refractivity contribution in [3.8, 4) is 0 Å². The van der Waals surface area contributed by atoms with Crippen LogP contribution in [0.5, 0.6) is 0 Å². The molecule has 0 spiro atoms. The molecule has 1 aliphatic carbocycles. The molecule has 0 amide bonds. The van der Waals surface area contributed by atoms with Crippen molar-refractivity contribution in [3.63, 3.8) is 0 Å². The number of carbonyl (C=O) groups is 3. The summed E-state index contributed by atoms with van der Waals surface area (Å²) >= 11 is 0. The number of rotatable bonds is 41. The minimum absolute atomic E-state index is 0.0256. The van der Waals surface area contributed by atoms with Crippen molar-refractivity contribution in [2.75, 3.05) is 26.4 Å². The van der Waals surface area contributed by atoms with Gasteiger partial charge in [-0.25, -0.2) is 4.57 Å². The van der Waals surface area contributed by atoms with Crippen LogP contribution in [0.25, 0.3) is 0 Å². The van der Waals surface area contributed by atoms with Crippen molar-refractivity contribution in [1.29, 1.82) is 0 Å². The van der Waals surface area contributed by atoms with Gasteiger partial charge in [-0.15, -0.1) is 0 Å². The lowest BCUT2D eigenvalue weighted by molar-refractivity contribution is -0.161. The average Bonchev–Trinajstić information content (AvgIpc) is 3.51. The van der Waals surface area contributed by atoms with Crippen molar-refractivity contribution >= 4 is 25.5 Å². The molecule has 2 unspecified atom stereocenters. The first-order chi connectivity index (χ1) is 29.3. The second kappa shape index (κ2) is 36.6. The Balaban J connectivity index is 2.38. The molecular weight excluding hydrogens is 803 g/mol. The highest BCUT2D eigenvalue weighted by molar-refractivity contribution is 7.47. The van der Waals surface area contributed by atoms with E-state index in [0.717, 1.165) is 57.3 Å². The van der Waals surface area contributed by atoms with Crippen LogP contribution < -0.4 is 0 Å². The standard InChI is InChI=1S/C47H87O13P/c1-4-6-21-27-39(49)31-32-43-42(44(51)33-45(43)52)28-23-19-20-25-30-47(54)60-41(37-59-61(55,56)58-35-40(50)34-48)36-57-46(53)29-24-18-16-14-12-10-8-7-9-11-13-15-17-22-26-38(3)5-2/h31-32,38-43,45,48-50,52H,4-30,33-37H2,1-3H3,(H,55,56)/b32-31+/t38?,39-,40-,41+,42+,43+,45+/m0/s1. The van der Waals surface area contributed by atoms with Gasteiger partial charge >= 0.3 is 19.8 Å². The van der Waals surface area contributed by atoms with Crippen LogP contribution in [0.15, 0.2) is 12.2 Å². The number of esters is 2. The Labute approximate surface area is 368 Å². The van der Waals surface area contributed by atoms with E-state index >= 15 is 0 Å². The van der Waals surface area contributed by atoms with E-state index in [0.29, 0.717) is 32.1 Å². The number of phosphoric acid groups is 1. The van der Waals surface area contributed by atoms with Gasteiger partial charge in [-0.3, -0.25) is 23.4 Å². The summed E-state index contributed by atoms with van der Waals surface area (Å²) in [6.45, 7) is 4.40. The van der Waals surface area contributed by atoms with E-state index in [4.69, 9.17) is 19.1 Å². The largest absolute Gasteiger partial charge is 0.472 e. The fourth-order valence-electron chi connectivity index (χ4n) is 7.69. The van der Waals surface area contributed by atoms with Crippen LogP contribution in [-0.2, 0) is 37.5 Å². The zero-order valence-electron chi connectivity index (χ0n) is 38.3. The Kier molecular flexibility index (Phi) is 34.4. The molecular formula is C47H87O13P. The lowest BCUT2D eigenvalue weighted by Crippen LogP contribution is -2.29. The Morgan fingerprint density at radius 1 is 0.738 bits per heavy atom. The summed E-state index contributed by atoms with van der Waals surface area (Å²) in [5.74, 6) is -0.814. The molecule has 1 fully saturated rings. The van der Waals surface area contributed by atoms with Gasteiger partial charge in [0.15, 0.2) is 6.10 Å². The number of ketones is 1. The summed E-state index contributed by atoms with van der Waals surface area (Å²) in [5.41, 5.74) is 0. The van der Waals surface area contributed by atoms with E-state index in [1.807, 2.05) is 0 Å². The lowest BCUT2D eigenvalue weighted by atomic mass is 9.88. The fourth-order valence-corrected chi connectivity index (χ4v) is 8.48. The van der Waals surface area contributed by atoms with E-state index in [-0.39, 0.29) is 43.5 Å². The van der Waals surface area contributed by atoms with E-state index < -0.39 is 64.0 Å². The molecule has 358 valence electrons. The van der Waals surface area contributed by atoms with Gasteiger partial charge in [0.25, 0.3) is 0 Å². The molecule has 0 saturated heterocycles. The molecule has 0 aromatic rings. The third-order valence-electron chi connectivity index (χ3n) is 11.9. The normalized spacial score (nSPS) is 19.8. The van der Waals surface area contributed by atoms with E-state index in [9.17, 15) is 39.2 Å². The predicted molar refractivity (Wildman–Crippen MR) is 239 cm³/mol. The van der Waals surface area contributed by atoms with Crippen LogP contribution in [0.1, 0.15) is 201 Å². The number of unbranched alkanes of at least 4 members (excludes halogenated alkanes) is 18. The molecule has 0 aliphatic heterocycles. The number of ether oxygens (including phenoxy) is 2. The van der Waals surface area contributed by atoms with Crippen molar-refractivity contribution in [3.05, 3.63) is 12.2 Å². The van der Waals surface area contributed by atoms with Gasteiger partial charge in [0, 0.05) is 31.1 Å². The van der Waals surface area contributed by atoms with Crippen molar-refractivity contribution in [2.45, 2.75) is 225 Å².